The van der Waals surface area contributed by atoms with Gasteiger partial charge >= 0.3 is 0 Å². The molecule has 0 aliphatic carbocycles. The fourth-order valence-electron chi connectivity index (χ4n) is 2.31. The second kappa shape index (κ2) is 8.12. The molecule has 1 aliphatic rings. The Hall–Kier alpha value is -1.26. The topological polar surface area (TPSA) is 39.7 Å². The first-order valence-corrected chi connectivity index (χ1v) is 7.45. The molecule has 0 aromatic heterocycles. The first-order chi connectivity index (χ1) is 9.83. The van der Waals surface area contributed by atoms with Crippen LogP contribution in [0, 0.1) is 0 Å². The van der Waals surface area contributed by atoms with Crippen LogP contribution in [0.3, 0.4) is 0 Å². The molecular weight excluding hydrogens is 254 g/mol. The van der Waals surface area contributed by atoms with Crippen molar-refractivity contribution in [1.29, 1.82) is 0 Å². The van der Waals surface area contributed by atoms with Gasteiger partial charge < -0.3 is 19.5 Å². The maximum atomic E-state index is 5.99. The van der Waals surface area contributed by atoms with Crippen LogP contribution < -0.4 is 14.8 Å². The van der Waals surface area contributed by atoms with Gasteiger partial charge in [0.05, 0.1) is 13.7 Å². The van der Waals surface area contributed by atoms with Crippen molar-refractivity contribution >= 4 is 0 Å². The van der Waals surface area contributed by atoms with E-state index in [0.29, 0.717) is 6.61 Å². The van der Waals surface area contributed by atoms with Gasteiger partial charge in [-0.15, -0.1) is 0 Å². The monoisotopic (exact) mass is 279 g/mol. The van der Waals surface area contributed by atoms with E-state index in [1.165, 1.54) is 5.56 Å². The number of hydrogen-bond donors (Lipinski definition) is 1. The summed E-state index contributed by atoms with van der Waals surface area (Å²) in [7, 11) is 1.68. The van der Waals surface area contributed by atoms with Gasteiger partial charge in [-0.3, -0.25) is 0 Å². The molecule has 0 radical (unpaired) electrons. The van der Waals surface area contributed by atoms with E-state index in [4.69, 9.17) is 14.2 Å². The summed E-state index contributed by atoms with van der Waals surface area (Å²) in [5.41, 5.74) is 1.21. The van der Waals surface area contributed by atoms with Crippen molar-refractivity contribution < 1.29 is 14.2 Å². The van der Waals surface area contributed by atoms with Gasteiger partial charge in [0.2, 0.25) is 0 Å². The highest BCUT2D eigenvalue weighted by Crippen LogP contribution is 2.30. The van der Waals surface area contributed by atoms with Gasteiger partial charge in [0.1, 0.15) is 6.10 Å². The molecule has 1 aromatic carbocycles. The second-order valence-electron chi connectivity index (χ2n) is 5.12. The van der Waals surface area contributed by atoms with Crippen LogP contribution in [0.25, 0.3) is 0 Å². The molecule has 0 spiro atoms. The molecule has 4 heteroatoms. The number of benzene rings is 1. The van der Waals surface area contributed by atoms with Crippen LogP contribution in [0.1, 0.15) is 31.7 Å². The lowest BCUT2D eigenvalue weighted by molar-refractivity contribution is 0.00643. The number of hydrogen-bond acceptors (Lipinski definition) is 4. The van der Waals surface area contributed by atoms with Crippen molar-refractivity contribution in [2.75, 3.05) is 26.9 Å². The van der Waals surface area contributed by atoms with Crippen LogP contribution in [0.5, 0.6) is 11.5 Å². The molecule has 1 unspecified atom stereocenters. The zero-order valence-electron chi connectivity index (χ0n) is 12.5. The number of rotatable bonds is 7. The Kier molecular flexibility index (Phi) is 6.15. The van der Waals surface area contributed by atoms with Gasteiger partial charge in [0.15, 0.2) is 11.5 Å². The summed E-state index contributed by atoms with van der Waals surface area (Å²) in [6.45, 7) is 5.57. The SMILES string of the molecule is CCCNCc1ccc(OC2CCCOC2)c(OC)c1. The van der Waals surface area contributed by atoms with E-state index in [1.54, 1.807) is 7.11 Å². The molecule has 1 heterocycles. The molecule has 0 bridgehead atoms. The van der Waals surface area contributed by atoms with Crippen LogP contribution >= 0.6 is 0 Å². The lowest BCUT2D eigenvalue weighted by Crippen LogP contribution is -2.28. The van der Waals surface area contributed by atoms with Gasteiger partial charge in [-0.2, -0.15) is 0 Å². The van der Waals surface area contributed by atoms with Crippen LogP contribution in [0.2, 0.25) is 0 Å². The van der Waals surface area contributed by atoms with Gasteiger partial charge in [-0.1, -0.05) is 13.0 Å². The molecule has 1 aromatic rings. The molecule has 1 atom stereocenters. The molecule has 112 valence electrons. The zero-order chi connectivity index (χ0) is 14.2. The van der Waals surface area contributed by atoms with E-state index < -0.39 is 0 Å². The molecule has 20 heavy (non-hydrogen) atoms. The van der Waals surface area contributed by atoms with E-state index in [1.807, 2.05) is 12.1 Å². The molecular formula is C16H25NO3. The van der Waals surface area contributed by atoms with E-state index in [9.17, 15) is 0 Å². The van der Waals surface area contributed by atoms with E-state index in [-0.39, 0.29) is 6.10 Å². The van der Waals surface area contributed by atoms with Crippen LogP contribution in [-0.2, 0) is 11.3 Å². The molecule has 4 nitrogen and oxygen atoms in total. The molecule has 0 saturated carbocycles. The predicted molar refractivity (Wildman–Crippen MR) is 79.5 cm³/mol. The summed E-state index contributed by atoms with van der Waals surface area (Å²) in [4.78, 5) is 0. The van der Waals surface area contributed by atoms with Gasteiger partial charge in [-0.05, 0) is 43.5 Å². The molecule has 0 amide bonds. The van der Waals surface area contributed by atoms with Crippen molar-refractivity contribution in [1.82, 2.24) is 5.32 Å². The molecule has 1 fully saturated rings. The zero-order valence-corrected chi connectivity index (χ0v) is 12.5. The quantitative estimate of drug-likeness (QED) is 0.779. The van der Waals surface area contributed by atoms with E-state index >= 15 is 0 Å². The maximum Gasteiger partial charge on any atom is 0.161 e. The summed E-state index contributed by atoms with van der Waals surface area (Å²) in [6.07, 6.45) is 3.39. The lowest BCUT2D eigenvalue weighted by atomic mass is 10.1. The minimum absolute atomic E-state index is 0.140. The largest absolute Gasteiger partial charge is 0.493 e. The summed E-state index contributed by atoms with van der Waals surface area (Å²) in [5.74, 6) is 1.61. The Bertz CT molecular complexity index is 403. The van der Waals surface area contributed by atoms with Crippen molar-refractivity contribution in [3.63, 3.8) is 0 Å². The number of ether oxygens (including phenoxy) is 3. The maximum absolute atomic E-state index is 5.99. The average Bonchev–Trinajstić information content (AvgIpc) is 2.50. The smallest absolute Gasteiger partial charge is 0.161 e. The van der Waals surface area contributed by atoms with Crippen LogP contribution in [0.4, 0.5) is 0 Å². The average molecular weight is 279 g/mol. The third-order valence-corrected chi connectivity index (χ3v) is 3.40. The summed E-state index contributed by atoms with van der Waals surface area (Å²) in [6, 6.07) is 6.13. The van der Waals surface area contributed by atoms with Gasteiger partial charge in [-0.25, -0.2) is 0 Å². The summed E-state index contributed by atoms with van der Waals surface area (Å²) < 4.78 is 16.9. The second-order valence-corrected chi connectivity index (χ2v) is 5.12. The van der Waals surface area contributed by atoms with Crippen molar-refractivity contribution in [2.45, 2.75) is 38.8 Å². The predicted octanol–water partition coefficient (Wildman–Crippen LogP) is 2.75. The van der Waals surface area contributed by atoms with E-state index in [2.05, 4.69) is 18.3 Å². The molecule has 1 N–H and O–H groups in total. The minimum atomic E-state index is 0.140. The van der Waals surface area contributed by atoms with Crippen molar-refractivity contribution in [3.05, 3.63) is 23.8 Å². The highest BCUT2D eigenvalue weighted by Gasteiger charge is 2.17. The Morgan fingerprint density at radius 2 is 2.25 bits per heavy atom. The molecule has 2 rings (SSSR count). The minimum Gasteiger partial charge on any atom is -0.493 e. The molecule has 1 aliphatic heterocycles. The van der Waals surface area contributed by atoms with Crippen molar-refractivity contribution in [3.8, 4) is 11.5 Å². The fraction of sp³-hybridized carbons (Fsp3) is 0.625. The Morgan fingerprint density at radius 1 is 1.35 bits per heavy atom. The van der Waals surface area contributed by atoms with Crippen LogP contribution in [0.15, 0.2) is 18.2 Å². The highest BCUT2D eigenvalue weighted by atomic mass is 16.5. The molecule has 1 saturated heterocycles. The van der Waals surface area contributed by atoms with Gasteiger partial charge in [0, 0.05) is 13.2 Å². The Morgan fingerprint density at radius 3 is 2.95 bits per heavy atom. The standard InChI is InChI=1S/C16H25NO3/c1-3-8-17-11-13-6-7-15(16(10-13)18-2)20-14-5-4-9-19-12-14/h6-7,10,14,17H,3-5,8-9,11-12H2,1-2H3. The van der Waals surface area contributed by atoms with Crippen molar-refractivity contribution in [2.24, 2.45) is 0 Å². The Balaban J connectivity index is 1.97. The van der Waals surface area contributed by atoms with Gasteiger partial charge in [0.25, 0.3) is 0 Å². The third kappa shape index (κ3) is 4.39. The number of nitrogens with one attached hydrogen (secondary N) is 1. The normalized spacial score (nSPS) is 18.8. The summed E-state index contributed by atoms with van der Waals surface area (Å²) >= 11 is 0. The highest BCUT2D eigenvalue weighted by molar-refractivity contribution is 5.43. The first-order valence-electron chi connectivity index (χ1n) is 7.45. The first kappa shape index (κ1) is 15.1. The van der Waals surface area contributed by atoms with E-state index in [0.717, 1.165) is 50.5 Å². The Labute approximate surface area is 121 Å². The number of methoxy groups -OCH3 is 1. The fourth-order valence-corrected chi connectivity index (χ4v) is 2.31. The van der Waals surface area contributed by atoms with Crippen LogP contribution in [-0.4, -0.2) is 33.0 Å². The third-order valence-electron chi connectivity index (χ3n) is 3.40. The summed E-state index contributed by atoms with van der Waals surface area (Å²) in [5, 5.41) is 3.39. The lowest BCUT2D eigenvalue weighted by Gasteiger charge is -2.24.